The zero-order valence-electron chi connectivity index (χ0n) is 11.9. The van der Waals surface area contributed by atoms with Crippen molar-refractivity contribution >= 4 is 5.91 Å². The minimum Gasteiger partial charge on any atom is -0.493 e. The van der Waals surface area contributed by atoms with E-state index in [1.54, 1.807) is 7.11 Å². The van der Waals surface area contributed by atoms with Gasteiger partial charge in [-0.2, -0.15) is 0 Å². The third-order valence-electron chi connectivity index (χ3n) is 3.79. The number of nitrogens with zero attached hydrogens (tertiary/aromatic N) is 1. The fourth-order valence-corrected chi connectivity index (χ4v) is 2.73. The summed E-state index contributed by atoms with van der Waals surface area (Å²) in [6, 6.07) is 3.54. The summed E-state index contributed by atoms with van der Waals surface area (Å²) in [5.41, 5.74) is 6.47. The number of amides is 1. The Bertz CT molecular complexity index is 549. The first-order valence-corrected chi connectivity index (χ1v) is 6.89. The van der Waals surface area contributed by atoms with Gasteiger partial charge in [0.25, 0.3) is 0 Å². The first-order chi connectivity index (χ1) is 10.2. The van der Waals surface area contributed by atoms with Gasteiger partial charge in [0.2, 0.25) is 18.4 Å². The van der Waals surface area contributed by atoms with Gasteiger partial charge in [-0.25, -0.2) is 0 Å². The van der Waals surface area contributed by atoms with E-state index in [4.69, 9.17) is 19.9 Å². The van der Waals surface area contributed by atoms with Gasteiger partial charge in [0.15, 0.2) is 11.5 Å². The average Bonchev–Trinajstić information content (AvgIpc) is 2.95. The molecule has 2 heterocycles. The summed E-state index contributed by atoms with van der Waals surface area (Å²) in [7, 11) is 1.60. The van der Waals surface area contributed by atoms with Gasteiger partial charge in [-0.05, 0) is 17.7 Å². The maximum absolute atomic E-state index is 11.5. The van der Waals surface area contributed by atoms with E-state index in [0.29, 0.717) is 30.3 Å². The lowest BCUT2D eigenvalue weighted by molar-refractivity contribution is -0.124. The number of hydrogen-bond acceptors (Lipinski definition) is 6. The minimum absolute atomic E-state index is 0.201. The molecule has 0 saturated carbocycles. The Morgan fingerprint density at radius 1 is 1.52 bits per heavy atom. The molecular formula is C14H19N3O4. The molecule has 1 atom stereocenters. The van der Waals surface area contributed by atoms with E-state index in [1.807, 2.05) is 12.1 Å². The number of methoxy groups -OCH3 is 1. The molecular weight excluding hydrogens is 274 g/mol. The van der Waals surface area contributed by atoms with Gasteiger partial charge in [-0.3, -0.25) is 9.69 Å². The Balaban J connectivity index is 1.82. The molecule has 1 saturated heterocycles. The highest BCUT2D eigenvalue weighted by Crippen LogP contribution is 2.42. The number of piperazine rings is 1. The van der Waals surface area contributed by atoms with Crippen LogP contribution in [0.2, 0.25) is 0 Å². The first kappa shape index (κ1) is 14.0. The minimum atomic E-state index is -0.310. The van der Waals surface area contributed by atoms with Crippen molar-refractivity contribution < 1.29 is 19.0 Å². The van der Waals surface area contributed by atoms with Crippen molar-refractivity contribution in [2.45, 2.75) is 12.6 Å². The molecule has 2 aliphatic heterocycles. The van der Waals surface area contributed by atoms with Crippen molar-refractivity contribution in [3.8, 4) is 17.2 Å². The molecule has 1 unspecified atom stereocenters. The molecule has 3 rings (SSSR count). The summed E-state index contributed by atoms with van der Waals surface area (Å²) in [4.78, 5) is 13.6. The van der Waals surface area contributed by atoms with Crippen LogP contribution >= 0.6 is 0 Å². The monoisotopic (exact) mass is 293 g/mol. The quantitative estimate of drug-likeness (QED) is 0.791. The predicted octanol–water partition coefficient (Wildman–Crippen LogP) is -0.317. The highest BCUT2D eigenvalue weighted by molar-refractivity contribution is 5.80. The number of nitrogens with two attached hydrogens (primary N) is 1. The topological polar surface area (TPSA) is 86.1 Å². The molecule has 0 spiro atoms. The van der Waals surface area contributed by atoms with Crippen molar-refractivity contribution in [1.82, 2.24) is 10.2 Å². The molecule has 0 radical (unpaired) electrons. The SMILES string of the molecule is COc1cc(CN2CCNCC2C(N)=O)cc2c1OCO2. The van der Waals surface area contributed by atoms with Gasteiger partial charge in [-0.1, -0.05) is 0 Å². The molecule has 1 amide bonds. The Morgan fingerprint density at radius 3 is 3.14 bits per heavy atom. The van der Waals surface area contributed by atoms with Gasteiger partial charge in [0, 0.05) is 26.2 Å². The molecule has 3 N–H and O–H groups in total. The van der Waals surface area contributed by atoms with Crippen molar-refractivity contribution in [1.29, 1.82) is 0 Å². The Labute approximate surface area is 122 Å². The van der Waals surface area contributed by atoms with E-state index in [2.05, 4.69) is 10.2 Å². The summed E-state index contributed by atoms with van der Waals surface area (Å²) in [5.74, 6) is 1.64. The number of fused-ring (bicyclic) bond motifs is 1. The van der Waals surface area contributed by atoms with E-state index in [9.17, 15) is 4.79 Å². The third kappa shape index (κ3) is 2.74. The Kier molecular flexibility index (Phi) is 3.85. The maximum atomic E-state index is 11.5. The Morgan fingerprint density at radius 2 is 2.38 bits per heavy atom. The van der Waals surface area contributed by atoms with Gasteiger partial charge < -0.3 is 25.3 Å². The first-order valence-electron chi connectivity index (χ1n) is 6.89. The summed E-state index contributed by atoms with van der Waals surface area (Å²) in [5, 5.41) is 3.18. The van der Waals surface area contributed by atoms with Crippen LogP contribution in [0.1, 0.15) is 5.56 Å². The van der Waals surface area contributed by atoms with Gasteiger partial charge in [-0.15, -0.1) is 0 Å². The van der Waals surface area contributed by atoms with Crippen molar-refractivity contribution in [2.75, 3.05) is 33.5 Å². The standard InChI is InChI=1S/C14H19N3O4/c1-19-11-4-9(5-12-13(11)21-8-20-12)7-17-3-2-16-6-10(17)14(15)18/h4-5,10,16H,2-3,6-8H2,1H3,(H2,15,18). The van der Waals surface area contributed by atoms with Crippen molar-refractivity contribution in [3.63, 3.8) is 0 Å². The Hall–Kier alpha value is -1.99. The number of ether oxygens (including phenoxy) is 3. The van der Waals surface area contributed by atoms with Crippen LogP contribution < -0.4 is 25.3 Å². The van der Waals surface area contributed by atoms with E-state index in [0.717, 1.165) is 18.7 Å². The van der Waals surface area contributed by atoms with Crippen LogP contribution in [0.3, 0.4) is 0 Å². The molecule has 0 aromatic heterocycles. The number of hydrogen-bond donors (Lipinski definition) is 2. The van der Waals surface area contributed by atoms with E-state index in [1.165, 1.54) is 0 Å². The lowest BCUT2D eigenvalue weighted by atomic mass is 10.1. The lowest BCUT2D eigenvalue weighted by Gasteiger charge is -2.34. The molecule has 1 fully saturated rings. The zero-order chi connectivity index (χ0) is 14.8. The van der Waals surface area contributed by atoms with Crippen LogP contribution in [-0.4, -0.2) is 50.4 Å². The number of primary amides is 1. The number of carbonyl (C=O) groups is 1. The average molecular weight is 293 g/mol. The molecule has 7 nitrogen and oxygen atoms in total. The molecule has 0 bridgehead atoms. The highest BCUT2D eigenvalue weighted by Gasteiger charge is 2.28. The van der Waals surface area contributed by atoms with Crippen LogP contribution in [0.4, 0.5) is 0 Å². The predicted molar refractivity (Wildman–Crippen MR) is 75.4 cm³/mol. The number of benzene rings is 1. The summed E-state index contributed by atoms with van der Waals surface area (Å²) >= 11 is 0. The second kappa shape index (κ2) is 5.79. The van der Waals surface area contributed by atoms with Crippen LogP contribution in [0.25, 0.3) is 0 Å². The molecule has 7 heteroatoms. The number of carbonyl (C=O) groups excluding carboxylic acids is 1. The largest absolute Gasteiger partial charge is 0.493 e. The van der Waals surface area contributed by atoms with Gasteiger partial charge in [0.05, 0.1) is 7.11 Å². The second-order valence-corrected chi connectivity index (χ2v) is 5.12. The van der Waals surface area contributed by atoms with E-state index in [-0.39, 0.29) is 18.7 Å². The summed E-state index contributed by atoms with van der Waals surface area (Å²) in [6.45, 7) is 3.00. The fraction of sp³-hybridized carbons (Fsp3) is 0.500. The third-order valence-corrected chi connectivity index (χ3v) is 3.79. The zero-order valence-corrected chi connectivity index (χ0v) is 11.9. The molecule has 2 aliphatic rings. The lowest BCUT2D eigenvalue weighted by Crippen LogP contribution is -2.56. The normalized spacial score (nSPS) is 21.3. The molecule has 1 aromatic rings. The number of rotatable bonds is 4. The van der Waals surface area contributed by atoms with E-state index >= 15 is 0 Å². The van der Waals surface area contributed by atoms with Gasteiger partial charge >= 0.3 is 0 Å². The summed E-state index contributed by atoms with van der Waals surface area (Å²) < 4.78 is 16.1. The molecule has 1 aromatic carbocycles. The second-order valence-electron chi connectivity index (χ2n) is 5.12. The van der Waals surface area contributed by atoms with Crippen LogP contribution in [0.5, 0.6) is 17.2 Å². The van der Waals surface area contributed by atoms with Crippen molar-refractivity contribution in [2.24, 2.45) is 5.73 Å². The maximum Gasteiger partial charge on any atom is 0.236 e. The highest BCUT2D eigenvalue weighted by atomic mass is 16.7. The molecule has 114 valence electrons. The van der Waals surface area contributed by atoms with Crippen LogP contribution in [0.15, 0.2) is 12.1 Å². The van der Waals surface area contributed by atoms with Crippen molar-refractivity contribution in [3.05, 3.63) is 17.7 Å². The van der Waals surface area contributed by atoms with Crippen LogP contribution in [-0.2, 0) is 11.3 Å². The van der Waals surface area contributed by atoms with Crippen LogP contribution in [0, 0.1) is 0 Å². The number of nitrogens with one attached hydrogen (secondary N) is 1. The fourth-order valence-electron chi connectivity index (χ4n) is 2.73. The molecule has 0 aliphatic carbocycles. The summed E-state index contributed by atoms with van der Waals surface area (Å²) in [6.07, 6.45) is 0. The molecule has 21 heavy (non-hydrogen) atoms. The van der Waals surface area contributed by atoms with Gasteiger partial charge in [0.1, 0.15) is 6.04 Å². The smallest absolute Gasteiger partial charge is 0.236 e. The van der Waals surface area contributed by atoms with E-state index < -0.39 is 0 Å².